The summed E-state index contributed by atoms with van der Waals surface area (Å²) in [5.74, 6) is -0.242. The minimum absolute atomic E-state index is 0. The van der Waals surface area contributed by atoms with Crippen LogP contribution in [0.2, 0.25) is 0 Å². The van der Waals surface area contributed by atoms with Gasteiger partial charge >= 0.3 is 0 Å². The molecule has 0 atom stereocenters. The van der Waals surface area contributed by atoms with Crippen LogP contribution in [0.1, 0.15) is 10.4 Å². The number of rotatable bonds is 7. The van der Waals surface area contributed by atoms with Gasteiger partial charge in [-0.3, -0.25) is 4.79 Å². The van der Waals surface area contributed by atoms with E-state index in [-0.39, 0.29) is 23.2 Å². The van der Waals surface area contributed by atoms with E-state index in [1.807, 2.05) is 4.72 Å². The lowest BCUT2D eigenvalue weighted by Gasteiger charge is -2.07. The van der Waals surface area contributed by atoms with E-state index in [0.717, 1.165) is 0 Å². The number of carbonyl (C=O) groups is 1. The Balaban J connectivity index is 0.00000220. The van der Waals surface area contributed by atoms with E-state index in [0.29, 0.717) is 25.6 Å². The zero-order valence-corrected chi connectivity index (χ0v) is 12.4. The molecule has 118 valence electrons. The number of nitrogens with one attached hydrogen (secondary N) is 1. The molecule has 0 aromatic heterocycles. The number of sulfonamides is 1. The SMILES string of the molecule is COCCOCCOc1ccc2c(c1)S(=O)(=O)NC2=O.N. The lowest BCUT2D eigenvalue weighted by molar-refractivity contribution is 0.0544. The molecule has 4 N–H and O–H groups in total. The van der Waals surface area contributed by atoms with Crippen molar-refractivity contribution in [3.8, 4) is 5.75 Å². The first-order valence-corrected chi connectivity index (χ1v) is 7.43. The zero-order chi connectivity index (χ0) is 14.6. The summed E-state index contributed by atoms with van der Waals surface area (Å²) in [5.41, 5.74) is 0.133. The monoisotopic (exact) mass is 318 g/mol. The molecular formula is C12H18N2O6S. The van der Waals surface area contributed by atoms with Gasteiger partial charge in [0.15, 0.2) is 0 Å². The Kier molecular flexibility index (Phi) is 6.09. The first kappa shape index (κ1) is 17.4. The second-order valence-electron chi connectivity index (χ2n) is 4.05. The van der Waals surface area contributed by atoms with E-state index in [9.17, 15) is 13.2 Å². The number of methoxy groups -OCH3 is 1. The van der Waals surface area contributed by atoms with Gasteiger partial charge in [-0.25, -0.2) is 13.1 Å². The number of ether oxygens (including phenoxy) is 3. The summed E-state index contributed by atoms with van der Waals surface area (Å²) in [5, 5.41) is 0. The van der Waals surface area contributed by atoms with Gasteiger partial charge < -0.3 is 20.4 Å². The highest BCUT2D eigenvalue weighted by Crippen LogP contribution is 2.26. The third-order valence-electron chi connectivity index (χ3n) is 2.64. The number of hydrogen-bond acceptors (Lipinski definition) is 7. The molecule has 0 fully saturated rings. The van der Waals surface area contributed by atoms with Crippen LogP contribution in [-0.2, 0) is 19.5 Å². The van der Waals surface area contributed by atoms with Crippen LogP contribution in [0, 0.1) is 0 Å². The Morgan fingerprint density at radius 3 is 2.57 bits per heavy atom. The molecule has 1 aromatic rings. The number of hydrogen-bond donors (Lipinski definition) is 2. The molecule has 0 spiro atoms. The van der Waals surface area contributed by atoms with Crippen LogP contribution in [0.5, 0.6) is 5.75 Å². The summed E-state index contributed by atoms with van der Waals surface area (Å²) >= 11 is 0. The topological polar surface area (TPSA) is 126 Å². The molecule has 0 aliphatic carbocycles. The van der Waals surface area contributed by atoms with Gasteiger partial charge in [0, 0.05) is 13.2 Å². The summed E-state index contributed by atoms with van der Waals surface area (Å²) in [6, 6.07) is 4.31. The van der Waals surface area contributed by atoms with Gasteiger partial charge in [-0.2, -0.15) is 0 Å². The van der Waals surface area contributed by atoms with Gasteiger partial charge in [-0.15, -0.1) is 0 Å². The van der Waals surface area contributed by atoms with Crippen LogP contribution in [0.4, 0.5) is 0 Å². The summed E-state index contributed by atoms with van der Waals surface area (Å²) in [7, 11) is -2.16. The molecule has 9 heteroatoms. The fraction of sp³-hybridized carbons (Fsp3) is 0.417. The molecule has 8 nitrogen and oxygen atoms in total. The summed E-state index contributed by atoms with van der Waals surface area (Å²) in [6.45, 7) is 1.62. The maximum Gasteiger partial charge on any atom is 0.266 e. The van der Waals surface area contributed by atoms with Gasteiger partial charge in [0.25, 0.3) is 15.9 Å². The highest BCUT2D eigenvalue weighted by molar-refractivity contribution is 7.90. The quantitative estimate of drug-likeness (QED) is 0.693. The molecule has 0 saturated carbocycles. The standard InChI is InChI=1S/C12H15NO6S.H3N/c1-17-4-5-18-6-7-19-9-2-3-10-11(8-9)20(15,16)13-12(10)14;/h2-3,8H,4-7H2,1H3,(H,13,14);1H3. The first-order chi connectivity index (χ1) is 9.54. The third kappa shape index (κ3) is 4.14. The molecular weight excluding hydrogens is 300 g/mol. The van der Waals surface area contributed by atoms with Gasteiger partial charge in [0.05, 0.1) is 25.4 Å². The van der Waals surface area contributed by atoms with Crippen molar-refractivity contribution >= 4 is 15.9 Å². The van der Waals surface area contributed by atoms with E-state index in [2.05, 4.69) is 0 Å². The van der Waals surface area contributed by atoms with Gasteiger partial charge in [0.1, 0.15) is 17.3 Å². The molecule has 1 aliphatic rings. The molecule has 1 aromatic carbocycles. The maximum atomic E-state index is 11.6. The van der Waals surface area contributed by atoms with Crippen LogP contribution < -0.4 is 15.6 Å². The maximum absolute atomic E-state index is 11.6. The predicted molar refractivity (Wildman–Crippen MR) is 74.3 cm³/mol. The molecule has 2 rings (SSSR count). The second kappa shape index (κ2) is 7.36. The number of benzene rings is 1. The Bertz CT molecular complexity index is 602. The Labute approximate surface area is 123 Å². The van der Waals surface area contributed by atoms with Gasteiger partial charge in [-0.1, -0.05) is 0 Å². The Morgan fingerprint density at radius 1 is 1.14 bits per heavy atom. The predicted octanol–water partition coefficient (Wildman–Crippen LogP) is 0.323. The average molecular weight is 318 g/mol. The van der Waals surface area contributed by atoms with Crippen molar-refractivity contribution in [3.63, 3.8) is 0 Å². The highest BCUT2D eigenvalue weighted by Gasteiger charge is 2.32. The van der Waals surface area contributed by atoms with E-state index >= 15 is 0 Å². The van der Waals surface area contributed by atoms with Crippen molar-refractivity contribution in [2.75, 3.05) is 33.5 Å². The molecule has 1 amide bonds. The normalized spacial score (nSPS) is 15.0. The van der Waals surface area contributed by atoms with E-state index < -0.39 is 15.9 Å². The second-order valence-corrected chi connectivity index (χ2v) is 5.70. The summed E-state index contributed by atoms with van der Waals surface area (Å²) < 4.78 is 40.6. The molecule has 0 radical (unpaired) electrons. The number of amides is 1. The van der Waals surface area contributed by atoms with Crippen LogP contribution >= 0.6 is 0 Å². The van der Waals surface area contributed by atoms with Crippen molar-refractivity contribution in [1.29, 1.82) is 0 Å². The minimum atomic E-state index is -3.75. The summed E-state index contributed by atoms with van der Waals surface area (Å²) in [6.07, 6.45) is 0. The molecule has 0 saturated heterocycles. The van der Waals surface area contributed by atoms with E-state index in [4.69, 9.17) is 14.2 Å². The smallest absolute Gasteiger partial charge is 0.266 e. The Morgan fingerprint density at radius 2 is 1.86 bits per heavy atom. The highest BCUT2D eigenvalue weighted by atomic mass is 32.2. The van der Waals surface area contributed by atoms with Gasteiger partial charge in [0.2, 0.25) is 0 Å². The molecule has 21 heavy (non-hydrogen) atoms. The van der Waals surface area contributed by atoms with Crippen LogP contribution in [0.25, 0.3) is 0 Å². The van der Waals surface area contributed by atoms with Crippen molar-refractivity contribution in [2.45, 2.75) is 4.90 Å². The average Bonchev–Trinajstić information content (AvgIpc) is 2.64. The van der Waals surface area contributed by atoms with E-state index in [1.165, 1.54) is 12.1 Å². The lowest BCUT2D eigenvalue weighted by atomic mass is 10.2. The van der Waals surface area contributed by atoms with Crippen molar-refractivity contribution in [3.05, 3.63) is 23.8 Å². The van der Waals surface area contributed by atoms with Crippen LogP contribution in [0.3, 0.4) is 0 Å². The van der Waals surface area contributed by atoms with Crippen molar-refractivity contribution < 1.29 is 27.4 Å². The zero-order valence-electron chi connectivity index (χ0n) is 11.6. The minimum Gasteiger partial charge on any atom is -0.491 e. The van der Waals surface area contributed by atoms with Crippen molar-refractivity contribution in [1.82, 2.24) is 10.9 Å². The lowest BCUT2D eigenvalue weighted by Crippen LogP contribution is -2.20. The van der Waals surface area contributed by atoms with Gasteiger partial charge in [-0.05, 0) is 12.1 Å². The first-order valence-electron chi connectivity index (χ1n) is 5.95. The fourth-order valence-corrected chi connectivity index (χ4v) is 2.88. The largest absolute Gasteiger partial charge is 0.491 e. The molecule has 0 bridgehead atoms. The number of fused-ring (bicyclic) bond motifs is 1. The van der Waals surface area contributed by atoms with Crippen LogP contribution in [-0.4, -0.2) is 47.9 Å². The third-order valence-corrected chi connectivity index (χ3v) is 4.01. The number of carbonyl (C=O) groups excluding carboxylic acids is 1. The molecule has 1 aliphatic heterocycles. The Hall–Kier alpha value is -1.68. The fourth-order valence-electron chi connectivity index (χ4n) is 1.70. The van der Waals surface area contributed by atoms with Crippen LogP contribution in [0.15, 0.2) is 23.1 Å². The molecule has 1 heterocycles. The molecule has 0 unspecified atom stereocenters. The van der Waals surface area contributed by atoms with Crippen molar-refractivity contribution in [2.24, 2.45) is 0 Å². The van der Waals surface area contributed by atoms with E-state index in [1.54, 1.807) is 13.2 Å². The summed E-state index contributed by atoms with van der Waals surface area (Å²) in [4.78, 5) is 11.3.